The number of rotatable bonds is 20. The van der Waals surface area contributed by atoms with Crippen LogP contribution in [0.4, 0.5) is 17.6 Å². The number of likely N-dealkylation sites (N-methyl/N-ethyl adjacent to an activating group) is 3. The number of esters is 1. The zero-order valence-electron chi connectivity index (χ0n) is 44.2. The first-order valence-corrected chi connectivity index (χ1v) is 25.5. The molecule has 4 amide bonds. The van der Waals surface area contributed by atoms with Crippen LogP contribution in [0.1, 0.15) is 92.3 Å². The van der Waals surface area contributed by atoms with Gasteiger partial charge in [-0.15, -0.1) is 0 Å². The lowest BCUT2D eigenvalue weighted by molar-refractivity contribution is -0.192. The van der Waals surface area contributed by atoms with Crippen molar-refractivity contribution in [3.8, 4) is 11.4 Å². The van der Waals surface area contributed by atoms with E-state index in [1.165, 1.54) is 11.0 Å². The van der Waals surface area contributed by atoms with Gasteiger partial charge in [0.25, 0.3) is 5.56 Å². The summed E-state index contributed by atoms with van der Waals surface area (Å²) in [5.74, 6) is -8.98. The molecule has 26 heteroatoms. The monoisotopic (exact) mass is 1090 g/mol. The number of aryl methyl sites for hydroxylation is 1. The van der Waals surface area contributed by atoms with Crippen LogP contribution in [0.2, 0.25) is 0 Å². The number of benzene rings is 1. The number of carbonyl (C=O) groups is 7. The summed E-state index contributed by atoms with van der Waals surface area (Å²) < 4.78 is 54.7. The Kier molecular flexibility index (Phi) is 18.6. The molecule has 0 spiro atoms. The summed E-state index contributed by atoms with van der Waals surface area (Å²) >= 11 is 0. The molecule has 4 aliphatic rings. The third kappa shape index (κ3) is 12.1. The van der Waals surface area contributed by atoms with Gasteiger partial charge < -0.3 is 62.1 Å². The molecule has 1 saturated heterocycles. The van der Waals surface area contributed by atoms with Gasteiger partial charge in [0.15, 0.2) is 0 Å². The van der Waals surface area contributed by atoms with Crippen molar-refractivity contribution in [2.24, 2.45) is 23.1 Å². The number of nitrogens with two attached hydrogens (primary N) is 3. The van der Waals surface area contributed by atoms with E-state index in [4.69, 9.17) is 36.8 Å². The first-order valence-electron chi connectivity index (χ1n) is 25.5. The van der Waals surface area contributed by atoms with Crippen LogP contribution in [0, 0.1) is 18.7 Å². The Hall–Kier alpha value is -6.61. The molecular weight excluding hydrogens is 1020 g/mol. The highest BCUT2D eigenvalue weighted by molar-refractivity contribution is 6.00. The predicted molar refractivity (Wildman–Crippen MR) is 271 cm³/mol. The van der Waals surface area contributed by atoms with Gasteiger partial charge in [0.1, 0.15) is 42.0 Å². The van der Waals surface area contributed by atoms with E-state index in [9.17, 15) is 47.0 Å². The number of alkyl halides is 3. The van der Waals surface area contributed by atoms with E-state index in [2.05, 4.69) is 20.4 Å². The first-order chi connectivity index (χ1) is 36.1. The van der Waals surface area contributed by atoms with Gasteiger partial charge in [0.05, 0.1) is 35.4 Å². The number of hydrogen-bond donors (Lipinski definition) is 7. The number of carboxylic acid groups (broad SMARTS) is 2. The second-order valence-corrected chi connectivity index (χ2v) is 20.6. The second-order valence-electron chi connectivity index (χ2n) is 20.6. The molecule has 0 radical (unpaired) electrons. The third-order valence-electron chi connectivity index (χ3n) is 15.2. The molecule has 77 heavy (non-hydrogen) atoms. The molecule has 2 aromatic heterocycles. The third-order valence-corrected chi connectivity index (χ3v) is 15.2. The average molecular weight is 1090 g/mol. The van der Waals surface area contributed by atoms with E-state index in [-0.39, 0.29) is 50.2 Å². The SMILES string of the molecule is CC[C@]1(C(C(=O)N[C@@H](CC(N)=O)C(=O)N2CCC[C@H]2C(=O)N[C@H](C(=O)O)C(C)C)N(C)CCN(C)CCN(C)CCN)C(=O)OCc2c1cc1n(c2=O)Cc2c-1nc1cc(F)c(C)c3c1c2[C@@H](N)CC3.O=C(O)C(F)(F)F. The number of carboxylic acids is 2. The average Bonchev–Trinajstić information content (AvgIpc) is 4.15. The fraction of sp³-hybridized carbons (Fsp3) is 0.588. The van der Waals surface area contributed by atoms with Gasteiger partial charge in [0, 0.05) is 68.9 Å². The number of hydrogen-bond acceptors (Lipinski definition) is 15. The molecule has 1 unspecified atom stereocenters. The summed E-state index contributed by atoms with van der Waals surface area (Å²) in [6.07, 6.45) is -4.14. The zero-order chi connectivity index (χ0) is 57.2. The van der Waals surface area contributed by atoms with Gasteiger partial charge in [0.2, 0.25) is 23.6 Å². The highest BCUT2D eigenvalue weighted by Gasteiger charge is 2.57. The maximum Gasteiger partial charge on any atom is 0.490 e. The fourth-order valence-electron chi connectivity index (χ4n) is 11.0. The number of pyridine rings is 2. The normalized spacial score (nSPS) is 19.8. The second kappa shape index (κ2) is 24.0. The summed E-state index contributed by atoms with van der Waals surface area (Å²) in [5, 5.41) is 23.0. The smallest absolute Gasteiger partial charge is 0.480 e. The number of amides is 4. The van der Waals surface area contributed by atoms with Crippen LogP contribution < -0.4 is 33.4 Å². The number of carbonyl (C=O) groups excluding carboxylic acids is 5. The Bertz CT molecular complexity index is 2880. The van der Waals surface area contributed by atoms with Gasteiger partial charge >= 0.3 is 24.1 Å². The molecule has 422 valence electrons. The molecule has 3 aromatic rings. The molecule has 1 fully saturated rings. The fourth-order valence-corrected chi connectivity index (χ4v) is 11.0. The molecule has 1 aromatic carbocycles. The van der Waals surface area contributed by atoms with E-state index in [0.29, 0.717) is 74.5 Å². The summed E-state index contributed by atoms with van der Waals surface area (Å²) in [6.45, 7) is 9.60. The molecule has 0 bridgehead atoms. The Morgan fingerprint density at radius 3 is 2.18 bits per heavy atom. The lowest BCUT2D eigenvalue weighted by Crippen LogP contribution is -2.65. The number of ether oxygens (including phenoxy) is 1. The number of nitrogens with zero attached hydrogens (tertiary/aromatic N) is 6. The molecule has 10 N–H and O–H groups in total. The number of nitrogens with one attached hydrogen (secondary N) is 2. The highest BCUT2D eigenvalue weighted by atomic mass is 19.4. The molecule has 0 saturated carbocycles. The Balaban J connectivity index is 0.00000128. The molecule has 5 heterocycles. The lowest BCUT2D eigenvalue weighted by Gasteiger charge is -2.45. The standard InChI is InChI=1S/C49H68FN11O9.C2HF3O2/c1-8-49(30-20-36-41-28(23-61(36)45(65)29(30)24-70-48(49)69)38-32(52)12-11-27-26(4)31(50)21-33(54-41)39(27)38)42(59(7)19-18-58(6)17-16-57(5)15-13-51)44(64)55-34(22-37(53)62)46(66)60-14-9-10-35(60)43(63)56-40(25(2)3)47(67)68;3-2(4,5)1(6)7/h20-21,25,32,34-35,40,42H,8-19,22-24,51-52H2,1-7H3,(H2,53,62)(H,55,64)(H,56,63)(H,67,68);(H,6,7)/t32-,34-,35-,40-,42?,49-;/m0./s1. The first kappa shape index (κ1) is 59.6. The van der Waals surface area contributed by atoms with E-state index in [1.807, 2.05) is 14.1 Å². The lowest BCUT2D eigenvalue weighted by atomic mass is 9.68. The zero-order valence-corrected chi connectivity index (χ0v) is 44.2. The Morgan fingerprint density at radius 2 is 1.60 bits per heavy atom. The van der Waals surface area contributed by atoms with Crippen molar-refractivity contribution in [3.63, 3.8) is 0 Å². The quantitative estimate of drug-likeness (QED) is 0.0477. The number of fused-ring (bicyclic) bond motifs is 5. The summed E-state index contributed by atoms with van der Waals surface area (Å²) in [6, 6.07) is -2.78. The van der Waals surface area contributed by atoms with E-state index < -0.39 is 107 Å². The maximum absolute atomic E-state index is 15.5. The predicted octanol–water partition coefficient (Wildman–Crippen LogP) is 0.856. The van der Waals surface area contributed by atoms with Crippen molar-refractivity contribution in [3.05, 3.63) is 61.7 Å². The van der Waals surface area contributed by atoms with Crippen LogP contribution >= 0.6 is 0 Å². The largest absolute Gasteiger partial charge is 0.490 e. The van der Waals surface area contributed by atoms with Crippen LogP contribution in [-0.2, 0) is 63.3 Å². The van der Waals surface area contributed by atoms with E-state index in [0.717, 1.165) is 22.1 Å². The topological polar surface area (TPSA) is 319 Å². The van der Waals surface area contributed by atoms with Crippen LogP contribution in [0.15, 0.2) is 16.9 Å². The van der Waals surface area contributed by atoms with Crippen LogP contribution in [0.3, 0.4) is 0 Å². The number of primary amides is 1. The van der Waals surface area contributed by atoms with Crippen molar-refractivity contribution in [1.29, 1.82) is 0 Å². The molecular formula is C51H69F4N11O11. The number of aromatic nitrogens is 2. The van der Waals surface area contributed by atoms with Crippen molar-refractivity contribution >= 4 is 52.4 Å². The van der Waals surface area contributed by atoms with Crippen molar-refractivity contribution in [2.45, 2.75) is 121 Å². The van der Waals surface area contributed by atoms with Crippen LogP contribution in [0.25, 0.3) is 22.3 Å². The van der Waals surface area contributed by atoms with Gasteiger partial charge in [-0.25, -0.2) is 19.0 Å². The highest BCUT2D eigenvalue weighted by Crippen LogP contribution is 2.47. The number of aliphatic carboxylic acids is 2. The van der Waals surface area contributed by atoms with Gasteiger partial charge in [-0.3, -0.25) is 33.7 Å². The summed E-state index contributed by atoms with van der Waals surface area (Å²) in [4.78, 5) is 119. The maximum atomic E-state index is 15.5. The van der Waals surface area contributed by atoms with Crippen LogP contribution in [-0.4, -0.2) is 178 Å². The van der Waals surface area contributed by atoms with Gasteiger partial charge in [-0.05, 0) is 94.4 Å². The Morgan fingerprint density at radius 1 is 0.961 bits per heavy atom. The van der Waals surface area contributed by atoms with Crippen molar-refractivity contribution < 1.29 is 66.1 Å². The van der Waals surface area contributed by atoms with E-state index in [1.54, 1.807) is 50.3 Å². The minimum Gasteiger partial charge on any atom is -0.480 e. The summed E-state index contributed by atoms with van der Waals surface area (Å²) in [7, 11) is 5.52. The van der Waals surface area contributed by atoms with Crippen molar-refractivity contribution in [2.75, 3.05) is 67.0 Å². The minimum atomic E-state index is -5.08. The molecule has 22 nitrogen and oxygen atoms in total. The molecule has 6 atom stereocenters. The number of halogens is 4. The minimum absolute atomic E-state index is 0.0657. The molecule has 3 aliphatic heterocycles. The molecule has 1 aliphatic carbocycles. The van der Waals surface area contributed by atoms with Crippen LogP contribution in [0.5, 0.6) is 0 Å². The molecule has 7 rings (SSSR count). The van der Waals surface area contributed by atoms with Gasteiger partial charge in [-0.2, -0.15) is 13.2 Å². The number of likely N-dealkylation sites (tertiary alicyclic amines) is 1. The summed E-state index contributed by atoms with van der Waals surface area (Å²) in [5.41, 5.74) is 20.3. The number of cyclic esters (lactones) is 1. The van der Waals surface area contributed by atoms with E-state index >= 15 is 9.18 Å². The van der Waals surface area contributed by atoms with Crippen molar-refractivity contribution in [1.82, 2.24) is 39.8 Å². The Labute approximate surface area is 441 Å². The van der Waals surface area contributed by atoms with Gasteiger partial charge in [-0.1, -0.05) is 20.8 Å².